The number of amides is 1. The fourth-order valence-electron chi connectivity index (χ4n) is 3.94. The smallest absolute Gasteiger partial charge is 0.229 e. The quantitative estimate of drug-likeness (QED) is 0.810. The Kier molecular flexibility index (Phi) is 5.65. The molecule has 4 nitrogen and oxygen atoms in total. The summed E-state index contributed by atoms with van der Waals surface area (Å²) >= 11 is 5.97. The molecule has 142 valence electrons. The van der Waals surface area contributed by atoms with Gasteiger partial charge in [0, 0.05) is 37.7 Å². The lowest BCUT2D eigenvalue weighted by Gasteiger charge is -2.29. The Bertz CT molecular complexity index is 793. The number of halogens is 1. The van der Waals surface area contributed by atoms with E-state index >= 15 is 0 Å². The molecule has 0 N–H and O–H groups in total. The molecule has 0 bridgehead atoms. The van der Waals surface area contributed by atoms with Gasteiger partial charge < -0.3 is 9.64 Å². The Morgan fingerprint density at radius 3 is 2.70 bits per heavy atom. The summed E-state index contributed by atoms with van der Waals surface area (Å²) in [7, 11) is 0. The molecule has 0 saturated carbocycles. The van der Waals surface area contributed by atoms with Crippen LogP contribution in [0.2, 0.25) is 5.02 Å². The van der Waals surface area contributed by atoms with E-state index in [0.717, 1.165) is 61.9 Å². The van der Waals surface area contributed by atoms with Crippen LogP contribution in [0.15, 0.2) is 48.5 Å². The highest BCUT2D eigenvalue weighted by molar-refractivity contribution is 6.30. The highest BCUT2D eigenvalue weighted by Gasteiger charge is 2.30. The van der Waals surface area contributed by atoms with Crippen molar-refractivity contribution in [3.63, 3.8) is 0 Å². The van der Waals surface area contributed by atoms with Crippen LogP contribution in [-0.2, 0) is 17.8 Å². The molecule has 4 rings (SSSR count). The van der Waals surface area contributed by atoms with Crippen molar-refractivity contribution in [2.45, 2.75) is 19.4 Å². The zero-order valence-corrected chi connectivity index (χ0v) is 16.2. The number of hydrogen-bond acceptors (Lipinski definition) is 3. The molecule has 1 saturated heterocycles. The third kappa shape index (κ3) is 4.45. The molecule has 0 radical (unpaired) electrons. The Morgan fingerprint density at radius 2 is 1.85 bits per heavy atom. The number of carbonyl (C=O) groups is 1. The summed E-state index contributed by atoms with van der Waals surface area (Å²) < 4.78 is 5.82. The van der Waals surface area contributed by atoms with Gasteiger partial charge in [-0.25, -0.2) is 0 Å². The summed E-state index contributed by atoms with van der Waals surface area (Å²) in [5.41, 5.74) is 2.40. The van der Waals surface area contributed by atoms with E-state index in [-0.39, 0.29) is 11.8 Å². The molecule has 2 aliphatic heterocycles. The molecule has 2 aromatic carbocycles. The SMILES string of the molecule is O=C(C1COc2ccccc2C1)N1CCCN(Cc2ccc(Cl)cc2)CC1. The van der Waals surface area contributed by atoms with Crippen molar-refractivity contribution in [1.29, 1.82) is 0 Å². The van der Waals surface area contributed by atoms with Gasteiger partial charge in [-0.15, -0.1) is 0 Å². The van der Waals surface area contributed by atoms with Crippen molar-refractivity contribution in [3.05, 3.63) is 64.7 Å². The van der Waals surface area contributed by atoms with Gasteiger partial charge >= 0.3 is 0 Å². The van der Waals surface area contributed by atoms with Gasteiger partial charge in [0.1, 0.15) is 12.4 Å². The summed E-state index contributed by atoms with van der Waals surface area (Å²) in [6.45, 7) is 4.91. The molecule has 1 amide bonds. The van der Waals surface area contributed by atoms with E-state index in [2.05, 4.69) is 23.1 Å². The third-order valence-corrected chi connectivity index (χ3v) is 5.70. The standard InChI is InChI=1S/C22H25ClN2O2/c23-20-8-6-17(7-9-20)15-24-10-3-11-25(13-12-24)22(26)19-14-18-4-1-2-5-21(18)27-16-19/h1-2,4-9,19H,3,10-16H2. The van der Waals surface area contributed by atoms with Crippen LogP contribution in [0.1, 0.15) is 17.5 Å². The fraction of sp³-hybridized carbons (Fsp3) is 0.409. The van der Waals surface area contributed by atoms with E-state index in [1.54, 1.807) is 0 Å². The second kappa shape index (κ2) is 8.32. The second-order valence-electron chi connectivity index (χ2n) is 7.40. The van der Waals surface area contributed by atoms with Gasteiger partial charge in [0.25, 0.3) is 0 Å². The Hall–Kier alpha value is -2.04. The Labute approximate surface area is 165 Å². The minimum Gasteiger partial charge on any atom is -0.492 e. The lowest BCUT2D eigenvalue weighted by molar-refractivity contribution is -0.136. The molecular weight excluding hydrogens is 360 g/mol. The van der Waals surface area contributed by atoms with Gasteiger partial charge in [-0.1, -0.05) is 41.9 Å². The molecule has 27 heavy (non-hydrogen) atoms. The van der Waals surface area contributed by atoms with Gasteiger partial charge in [-0.3, -0.25) is 9.69 Å². The highest BCUT2D eigenvalue weighted by Crippen LogP contribution is 2.28. The first kappa shape index (κ1) is 18.3. The number of ether oxygens (including phenoxy) is 1. The number of carbonyl (C=O) groups excluding carboxylic acids is 1. The van der Waals surface area contributed by atoms with Crippen molar-refractivity contribution < 1.29 is 9.53 Å². The molecule has 0 aliphatic carbocycles. The van der Waals surface area contributed by atoms with Crippen LogP contribution < -0.4 is 4.74 Å². The number of fused-ring (bicyclic) bond motifs is 1. The van der Waals surface area contributed by atoms with Crippen molar-refractivity contribution in [2.75, 3.05) is 32.8 Å². The van der Waals surface area contributed by atoms with Crippen LogP contribution in [0.25, 0.3) is 0 Å². The van der Waals surface area contributed by atoms with Crippen molar-refractivity contribution in [3.8, 4) is 5.75 Å². The third-order valence-electron chi connectivity index (χ3n) is 5.45. The van der Waals surface area contributed by atoms with Crippen molar-refractivity contribution >= 4 is 17.5 Å². The number of para-hydroxylation sites is 1. The maximum Gasteiger partial charge on any atom is 0.229 e. The monoisotopic (exact) mass is 384 g/mol. The molecule has 0 aromatic heterocycles. The number of hydrogen-bond donors (Lipinski definition) is 0. The van der Waals surface area contributed by atoms with Gasteiger partial charge in [0.15, 0.2) is 0 Å². The van der Waals surface area contributed by atoms with Crippen LogP contribution in [-0.4, -0.2) is 48.5 Å². The summed E-state index contributed by atoms with van der Waals surface area (Å²) in [5, 5.41) is 0.766. The van der Waals surface area contributed by atoms with E-state index in [1.165, 1.54) is 5.56 Å². The van der Waals surface area contributed by atoms with Gasteiger partial charge in [-0.05, 0) is 42.2 Å². The van der Waals surface area contributed by atoms with Gasteiger partial charge in [0.2, 0.25) is 5.91 Å². The molecule has 0 spiro atoms. The lowest BCUT2D eigenvalue weighted by Crippen LogP contribution is -2.42. The fourth-order valence-corrected chi connectivity index (χ4v) is 4.07. The second-order valence-corrected chi connectivity index (χ2v) is 7.84. The maximum atomic E-state index is 13.0. The van der Waals surface area contributed by atoms with Gasteiger partial charge in [-0.2, -0.15) is 0 Å². The molecule has 1 fully saturated rings. The molecule has 1 atom stereocenters. The van der Waals surface area contributed by atoms with E-state index in [1.807, 2.05) is 35.2 Å². The summed E-state index contributed by atoms with van der Waals surface area (Å²) in [6, 6.07) is 16.1. The van der Waals surface area contributed by atoms with E-state index in [9.17, 15) is 4.79 Å². The molecule has 2 aliphatic rings. The van der Waals surface area contributed by atoms with Crippen LogP contribution in [0, 0.1) is 5.92 Å². The average molecular weight is 385 g/mol. The minimum atomic E-state index is -0.0669. The van der Waals surface area contributed by atoms with E-state index < -0.39 is 0 Å². The molecular formula is C22H25ClN2O2. The first-order valence-corrected chi connectivity index (χ1v) is 10.0. The zero-order valence-electron chi connectivity index (χ0n) is 15.4. The van der Waals surface area contributed by atoms with Crippen LogP contribution >= 0.6 is 11.6 Å². The Balaban J connectivity index is 1.34. The molecule has 5 heteroatoms. The van der Waals surface area contributed by atoms with E-state index in [4.69, 9.17) is 16.3 Å². The maximum absolute atomic E-state index is 13.0. The summed E-state index contributed by atoms with van der Waals surface area (Å²) in [4.78, 5) is 17.5. The van der Waals surface area contributed by atoms with Crippen LogP contribution in [0.3, 0.4) is 0 Å². The predicted octanol–water partition coefficient (Wildman–Crippen LogP) is 3.63. The minimum absolute atomic E-state index is 0.0669. The molecule has 2 heterocycles. The zero-order chi connectivity index (χ0) is 18.6. The average Bonchev–Trinajstić information content (AvgIpc) is 2.94. The number of nitrogens with zero attached hydrogens (tertiary/aromatic N) is 2. The van der Waals surface area contributed by atoms with Gasteiger partial charge in [0.05, 0.1) is 5.92 Å². The Morgan fingerprint density at radius 1 is 1.04 bits per heavy atom. The highest BCUT2D eigenvalue weighted by atomic mass is 35.5. The van der Waals surface area contributed by atoms with Crippen LogP contribution in [0.4, 0.5) is 0 Å². The van der Waals surface area contributed by atoms with E-state index in [0.29, 0.717) is 6.61 Å². The first-order valence-electron chi connectivity index (χ1n) is 9.65. The predicted molar refractivity (Wildman–Crippen MR) is 107 cm³/mol. The van der Waals surface area contributed by atoms with Crippen molar-refractivity contribution in [1.82, 2.24) is 9.80 Å². The lowest BCUT2D eigenvalue weighted by atomic mass is 9.95. The van der Waals surface area contributed by atoms with Crippen LogP contribution in [0.5, 0.6) is 5.75 Å². The largest absolute Gasteiger partial charge is 0.492 e. The number of rotatable bonds is 3. The number of benzene rings is 2. The topological polar surface area (TPSA) is 32.8 Å². The summed E-state index contributed by atoms with van der Waals surface area (Å²) in [6.07, 6.45) is 1.78. The first-order chi connectivity index (χ1) is 13.2. The molecule has 1 unspecified atom stereocenters. The summed E-state index contributed by atoms with van der Waals surface area (Å²) in [5.74, 6) is 1.09. The molecule has 2 aromatic rings. The van der Waals surface area contributed by atoms with Crippen molar-refractivity contribution in [2.24, 2.45) is 5.92 Å². The normalized spacial score (nSPS) is 20.5.